The van der Waals surface area contributed by atoms with Crippen molar-refractivity contribution < 1.29 is 9.32 Å². The van der Waals surface area contributed by atoms with Crippen LogP contribution in [0.1, 0.15) is 11.1 Å². The largest absolute Gasteiger partial charge is 0.338 e. The van der Waals surface area contributed by atoms with Gasteiger partial charge in [0.15, 0.2) is 0 Å². The van der Waals surface area contributed by atoms with Crippen LogP contribution in [0.5, 0.6) is 0 Å². The van der Waals surface area contributed by atoms with Crippen LogP contribution >= 0.6 is 0 Å². The molecule has 5 nitrogen and oxygen atoms in total. The molecule has 5 heteroatoms. The molecule has 0 spiro atoms. The number of amides is 2. The predicted octanol–water partition coefficient (Wildman–Crippen LogP) is 2.35. The van der Waals surface area contributed by atoms with E-state index in [0.29, 0.717) is 12.4 Å². The van der Waals surface area contributed by atoms with Crippen LogP contribution in [0.2, 0.25) is 0 Å². The topological polar surface area (TPSA) is 67.2 Å². The molecule has 0 unspecified atom stereocenters. The summed E-state index contributed by atoms with van der Waals surface area (Å²) in [5.41, 5.74) is 2.42. The summed E-state index contributed by atoms with van der Waals surface area (Å²) < 4.78 is 4.76. The Kier molecular flexibility index (Phi) is 3.96. The lowest BCUT2D eigenvalue weighted by molar-refractivity contribution is 0.251. The molecule has 1 aromatic carbocycles. The SMILES string of the molecule is Cc1cccc(CCNC(=O)Nc2ccno2)c1. The second-order valence-electron chi connectivity index (χ2n) is 4.00. The molecule has 0 aliphatic rings. The van der Waals surface area contributed by atoms with E-state index in [1.807, 2.05) is 25.1 Å². The third kappa shape index (κ3) is 3.62. The number of aryl methyl sites for hydroxylation is 1. The van der Waals surface area contributed by atoms with Crippen LogP contribution in [0.25, 0.3) is 0 Å². The number of nitrogens with one attached hydrogen (secondary N) is 2. The normalized spacial score (nSPS) is 10.1. The highest BCUT2D eigenvalue weighted by Crippen LogP contribution is 2.04. The first-order chi connectivity index (χ1) is 8.74. The smallest absolute Gasteiger partial charge is 0.321 e. The molecule has 0 aliphatic carbocycles. The van der Waals surface area contributed by atoms with Gasteiger partial charge in [-0.3, -0.25) is 5.32 Å². The number of benzene rings is 1. The van der Waals surface area contributed by atoms with Gasteiger partial charge in [0.1, 0.15) is 0 Å². The van der Waals surface area contributed by atoms with Crippen molar-refractivity contribution in [2.75, 3.05) is 11.9 Å². The molecule has 0 saturated carbocycles. The maximum atomic E-state index is 11.5. The molecule has 2 aromatic rings. The molecule has 0 aliphatic heterocycles. The van der Waals surface area contributed by atoms with E-state index >= 15 is 0 Å². The van der Waals surface area contributed by atoms with Crippen molar-refractivity contribution in [2.45, 2.75) is 13.3 Å². The van der Waals surface area contributed by atoms with Gasteiger partial charge in [0, 0.05) is 12.6 Å². The lowest BCUT2D eigenvalue weighted by Gasteiger charge is -2.05. The molecular formula is C13H15N3O2. The number of carbonyl (C=O) groups excluding carboxylic acids is 1. The lowest BCUT2D eigenvalue weighted by atomic mass is 10.1. The molecular weight excluding hydrogens is 230 g/mol. The molecule has 1 heterocycles. The highest BCUT2D eigenvalue weighted by molar-refractivity contribution is 5.87. The van der Waals surface area contributed by atoms with Crippen LogP contribution in [0.4, 0.5) is 10.7 Å². The van der Waals surface area contributed by atoms with Crippen LogP contribution in [-0.2, 0) is 6.42 Å². The molecule has 0 saturated heterocycles. The van der Waals surface area contributed by atoms with Crippen molar-refractivity contribution in [1.82, 2.24) is 10.5 Å². The minimum absolute atomic E-state index is 0.292. The summed E-state index contributed by atoms with van der Waals surface area (Å²) in [6, 6.07) is 9.51. The quantitative estimate of drug-likeness (QED) is 0.868. The van der Waals surface area contributed by atoms with E-state index < -0.39 is 0 Å². The van der Waals surface area contributed by atoms with E-state index in [1.165, 1.54) is 17.3 Å². The number of rotatable bonds is 4. The fourth-order valence-electron chi connectivity index (χ4n) is 1.62. The van der Waals surface area contributed by atoms with E-state index in [2.05, 4.69) is 21.9 Å². The van der Waals surface area contributed by atoms with Crippen molar-refractivity contribution in [3.8, 4) is 0 Å². The fourth-order valence-corrected chi connectivity index (χ4v) is 1.62. The molecule has 0 bridgehead atoms. The van der Waals surface area contributed by atoms with Crippen LogP contribution in [-0.4, -0.2) is 17.7 Å². The summed E-state index contributed by atoms with van der Waals surface area (Å²) >= 11 is 0. The highest BCUT2D eigenvalue weighted by atomic mass is 16.5. The summed E-state index contributed by atoms with van der Waals surface area (Å²) in [6.45, 7) is 2.62. The first-order valence-corrected chi connectivity index (χ1v) is 5.75. The molecule has 94 valence electrons. The number of hydrogen-bond acceptors (Lipinski definition) is 3. The summed E-state index contributed by atoms with van der Waals surface area (Å²) in [5, 5.41) is 8.79. The van der Waals surface area contributed by atoms with Gasteiger partial charge in [0.2, 0.25) is 5.88 Å². The van der Waals surface area contributed by atoms with E-state index in [4.69, 9.17) is 4.52 Å². The number of urea groups is 1. The summed E-state index contributed by atoms with van der Waals surface area (Å²) in [6.07, 6.45) is 2.27. The first kappa shape index (κ1) is 12.2. The van der Waals surface area contributed by atoms with E-state index in [9.17, 15) is 4.79 Å². The molecule has 0 fully saturated rings. The Balaban J connectivity index is 1.73. The number of anilines is 1. The Morgan fingerprint density at radius 3 is 3.00 bits per heavy atom. The third-order valence-electron chi connectivity index (χ3n) is 2.46. The Morgan fingerprint density at radius 2 is 2.28 bits per heavy atom. The number of aromatic nitrogens is 1. The standard InChI is InChI=1S/C13H15N3O2/c1-10-3-2-4-11(9-10)5-7-14-13(17)16-12-6-8-15-18-12/h2-4,6,8-9H,5,7H2,1H3,(H2,14,16,17). The van der Waals surface area contributed by atoms with Gasteiger partial charge >= 0.3 is 6.03 Å². The second-order valence-corrected chi connectivity index (χ2v) is 4.00. The van der Waals surface area contributed by atoms with Crippen LogP contribution in [0.15, 0.2) is 41.1 Å². The van der Waals surface area contributed by atoms with Crippen molar-refractivity contribution in [2.24, 2.45) is 0 Å². The van der Waals surface area contributed by atoms with Gasteiger partial charge in [-0.1, -0.05) is 35.0 Å². The van der Waals surface area contributed by atoms with Gasteiger partial charge in [-0.05, 0) is 18.9 Å². The number of hydrogen-bond donors (Lipinski definition) is 2. The van der Waals surface area contributed by atoms with Crippen LogP contribution < -0.4 is 10.6 Å². The predicted molar refractivity (Wildman–Crippen MR) is 68.4 cm³/mol. The lowest BCUT2D eigenvalue weighted by Crippen LogP contribution is -2.30. The second kappa shape index (κ2) is 5.86. The van der Waals surface area contributed by atoms with Gasteiger partial charge in [0.25, 0.3) is 0 Å². The molecule has 1 aromatic heterocycles. The number of carbonyl (C=O) groups is 1. The zero-order chi connectivity index (χ0) is 12.8. The Hall–Kier alpha value is -2.30. The fraction of sp³-hybridized carbons (Fsp3) is 0.231. The third-order valence-corrected chi connectivity index (χ3v) is 2.46. The first-order valence-electron chi connectivity index (χ1n) is 5.75. The monoisotopic (exact) mass is 245 g/mol. The highest BCUT2D eigenvalue weighted by Gasteiger charge is 2.03. The van der Waals surface area contributed by atoms with Crippen molar-refractivity contribution >= 4 is 11.9 Å². The molecule has 0 atom stereocenters. The van der Waals surface area contributed by atoms with E-state index in [-0.39, 0.29) is 6.03 Å². The minimum atomic E-state index is -0.292. The minimum Gasteiger partial charge on any atom is -0.338 e. The Morgan fingerprint density at radius 1 is 1.39 bits per heavy atom. The molecule has 2 rings (SSSR count). The van der Waals surface area contributed by atoms with Gasteiger partial charge in [0.05, 0.1) is 6.20 Å². The molecule has 0 radical (unpaired) electrons. The van der Waals surface area contributed by atoms with Crippen molar-refractivity contribution in [3.63, 3.8) is 0 Å². The maximum absolute atomic E-state index is 11.5. The van der Waals surface area contributed by atoms with Crippen LogP contribution in [0.3, 0.4) is 0 Å². The summed E-state index contributed by atoms with van der Waals surface area (Å²) in [4.78, 5) is 11.5. The summed E-state index contributed by atoms with van der Waals surface area (Å²) in [7, 11) is 0. The Labute approximate surface area is 105 Å². The van der Waals surface area contributed by atoms with Crippen LogP contribution in [0, 0.1) is 6.92 Å². The molecule has 2 amide bonds. The zero-order valence-electron chi connectivity index (χ0n) is 10.1. The Bertz CT molecular complexity index is 509. The van der Waals surface area contributed by atoms with E-state index in [0.717, 1.165) is 6.42 Å². The average molecular weight is 245 g/mol. The number of nitrogens with zero attached hydrogens (tertiary/aromatic N) is 1. The zero-order valence-corrected chi connectivity index (χ0v) is 10.1. The molecule has 2 N–H and O–H groups in total. The van der Waals surface area contributed by atoms with Gasteiger partial charge in [-0.15, -0.1) is 0 Å². The average Bonchev–Trinajstić information content (AvgIpc) is 2.82. The van der Waals surface area contributed by atoms with E-state index in [1.54, 1.807) is 6.07 Å². The van der Waals surface area contributed by atoms with Crippen molar-refractivity contribution in [3.05, 3.63) is 47.7 Å². The van der Waals surface area contributed by atoms with Gasteiger partial charge < -0.3 is 9.84 Å². The summed E-state index contributed by atoms with van der Waals surface area (Å²) in [5.74, 6) is 0.336. The van der Waals surface area contributed by atoms with Gasteiger partial charge in [-0.2, -0.15) is 0 Å². The maximum Gasteiger partial charge on any atom is 0.321 e. The van der Waals surface area contributed by atoms with Gasteiger partial charge in [-0.25, -0.2) is 4.79 Å². The molecule has 18 heavy (non-hydrogen) atoms. The van der Waals surface area contributed by atoms with Crippen molar-refractivity contribution in [1.29, 1.82) is 0 Å².